The van der Waals surface area contributed by atoms with Gasteiger partial charge in [-0.05, 0) is 49.4 Å². The highest BCUT2D eigenvalue weighted by Gasteiger charge is 2.20. The summed E-state index contributed by atoms with van der Waals surface area (Å²) >= 11 is 0. The molecule has 5 nitrogen and oxygen atoms in total. The molecule has 164 valence electrons. The fraction of sp³-hybridized carbons (Fsp3) is 0.296. The van der Waals surface area contributed by atoms with Crippen LogP contribution in [0.4, 0.5) is 5.69 Å². The van der Waals surface area contributed by atoms with Crippen LogP contribution in [-0.4, -0.2) is 59.6 Å². The molecule has 0 N–H and O–H groups in total. The number of fused-ring (bicyclic) bond motifs is 1. The monoisotopic (exact) mass is 425 g/mol. The maximum Gasteiger partial charge on any atom is 0.142 e. The predicted molar refractivity (Wildman–Crippen MR) is 134 cm³/mol. The van der Waals surface area contributed by atoms with Gasteiger partial charge >= 0.3 is 0 Å². The van der Waals surface area contributed by atoms with E-state index in [2.05, 4.69) is 108 Å². The number of benzene rings is 2. The number of piperazine rings is 1. The summed E-state index contributed by atoms with van der Waals surface area (Å²) in [6.07, 6.45) is 4.34. The van der Waals surface area contributed by atoms with E-state index in [1.165, 1.54) is 22.3 Å². The summed E-state index contributed by atoms with van der Waals surface area (Å²) in [6, 6.07) is 17.4. The van der Waals surface area contributed by atoms with Gasteiger partial charge in [0.15, 0.2) is 0 Å². The number of nitrogens with zero attached hydrogens (tertiary/aromatic N) is 5. The zero-order chi connectivity index (χ0) is 22.2. The Bertz CT molecular complexity index is 1210. The second-order valence-corrected chi connectivity index (χ2v) is 8.94. The minimum Gasteiger partial charge on any atom is -0.369 e. The zero-order valence-corrected chi connectivity index (χ0v) is 19.3. The SMILES string of the molecule is C=C1C(C)=CC(c2nc3ccc(N4CCN(C)CC4)cc3n2Cc2ccccc2)=CN1C. The Labute approximate surface area is 190 Å². The zero-order valence-electron chi connectivity index (χ0n) is 19.3. The molecule has 2 aliphatic rings. The number of imidazole rings is 1. The average Bonchev–Trinajstić information content (AvgIpc) is 3.16. The smallest absolute Gasteiger partial charge is 0.142 e. The number of likely N-dealkylation sites (N-methyl/N-ethyl adjacent to an activating group) is 2. The third kappa shape index (κ3) is 3.84. The molecule has 0 aliphatic carbocycles. The third-order valence-electron chi connectivity index (χ3n) is 6.63. The average molecular weight is 426 g/mol. The summed E-state index contributed by atoms with van der Waals surface area (Å²) in [5.74, 6) is 0.998. The molecule has 32 heavy (non-hydrogen) atoms. The van der Waals surface area contributed by atoms with Gasteiger partial charge in [0.05, 0.1) is 11.0 Å². The van der Waals surface area contributed by atoms with Crippen LogP contribution >= 0.6 is 0 Å². The minimum atomic E-state index is 0.785. The van der Waals surface area contributed by atoms with E-state index in [9.17, 15) is 0 Å². The lowest BCUT2D eigenvalue weighted by molar-refractivity contribution is 0.313. The van der Waals surface area contributed by atoms with Crippen molar-refractivity contribution >= 4 is 22.3 Å². The number of anilines is 1. The van der Waals surface area contributed by atoms with Crippen LogP contribution in [0.5, 0.6) is 0 Å². The Kier molecular flexibility index (Phi) is 5.35. The topological polar surface area (TPSA) is 27.5 Å². The van der Waals surface area contributed by atoms with E-state index in [0.717, 1.165) is 55.3 Å². The second kappa shape index (κ2) is 8.32. The Morgan fingerprint density at radius 3 is 2.44 bits per heavy atom. The van der Waals surface area contributed by atoms with Crippen molar-refractivity contribution in [3.05, 3.63) is 90.0 Å². The number of rotatable bonds is 4. The van der Waals surface area contributed by atoms with Gasteiger partial charge < -0.3 is 19.3 Å². The van der Waals surface area contributed by atoms with E-state index in [1.54, 1.807) is 0 Å². The largest absolute Gasteiger partial charge is 0.369 e. The van der Waals surface area contributed by atoms with Gasteiger partial charge in [0.2, 0.25) is 0 Å². The van der Waals surface area contributed by atoms with Crippen LogP contribution in [0, 0.1) is 0 Å². The van der Waals surface area contributed by atoms with Crippen LogP contribution in [0.25, 0.3) is 16.6 Å². The van der Waals surface area contributed by atoms with E-state index in [4.69, 9.17) is 4.98 Å². The van der Waals surface area contributed by atoms with E-state index < -0.39 is 0 Å². The van der Waals surface area contributed by atoms with Crippen molar-refractivity contribution in [2.75, 3.05) is 45.2 Å². The molecule has 0 radical (unpaired) electrons. The molecule has 0 spiro atoms. The first kappa shape index (κ1) is 20.6. The van der Waals surface area contributed by atoms with Crippen molar-refractivity contribution in [1.29, 1.82) is 0 Å². The molecule has 0 unspecified atom stereocenters. The Balaban J connectivity index is 1.62. The lowest BCUT2D eigenvalue weighted by Crippen LogP contribution is -2.44. The highest BCUT2D eigenvalue weighted by Crippen LogP contribution is 2.31. The summed E-state index contributed by atoms with van der Waals surface area (Å²) < 4.78 is 2.36. The van der Waals surface area contributed by atoms with E-state index in [1.807, 2.05) is 0 Å². The van der Waals surface area contributed by atoms with Crippen LogP contribution in [0.2, 0.25) is 0 Å². The lowest BCUT2D eigenvalue weighted by atomic mass is 10.1. The van der Waals surface area contributed by atoms with Gasteiger partial charge in [-0.1, -0.05) is 36.9 Å². The van der Waals surface area contributed by atoms with Gasteiger partial charge in [-0.25, -0.2) is 4.98 Å². The minimum absolute atomic E-state index is 0.785. The van der Waals surface area contributed by atoms with Crippen LogP contribution in [-0.2, 0) is 6.54 Å². The standard InChI is InChI=1S/C27H31N5/c1-20-16-23(19-30(4)21(20)2)27-28-25-11-10-24(31-14-12-29(3)13-15-31)17-26(25)32(27)18-22-8-6-5-7-9-22/h5-11,16-17,19H,2,12-15,18H2,1,3-4H3. The quantitative estimate of drug-likeness (QED) is 0.611. The van der Waals surface area contributed by atoms with Gasteiger partial charge in [0.1, 0.15) is 5.82 Å². The molecule has 2 aromatic carbocycles. The van der Waals surface area contributed by atoms with Crippen molar-refractivity contribution in [1.82, 2.24) is 19.4 Å². The maximum absolute atomic E-state index is 5.09. The normalized spacial score (nSPS) is 17.7. The van der Waals surface area contributed by atoms with Crippen molar-refractivity contribution in [2.24, 2.45) is 0 Å². The van der Waals surface area contributed by atoms with Gasteiger partial charge in [0, 0.05) is 62.9 Å². The number of hydrogen-bond donors (Lipinski definition) is 0. The molecule has 3 heterocycles. The molecule has 5 heteroatoms. The van der Waals surface area contributed by atoms with Crippen molar-refractivity contribution in [3.63, 3.8) is 0 Å². The molecule has 0 bridgehead atoms. The summed E-state index contributed by atoms with van der Waals surface area (Å²) in [5, 5.41) is 0. The molecule has 1 aromatic heterocycles. The molecule has 1 fully saturated rings. The molecular formula is C27H31N5. The third-order valence-corrected chi connectivity index (χ3v) is 6.63. The van der Waals surface area contributed by atoms with Gasteiger partial charge in [-0.15, -0.1) is 0 Å². The molecule has 1 saturated heterocycles. The van der Waals surface area contributed by atoms with Crippen LogP contribution < -0.4 is 4.90 Å². The molecule has 0 amide bonds. The molecule has 0 saturated carbocycles. The maximum atomic E-state index is 5.09. The Hall–Kier alpha value is -3.31. The number of allylic oxidation sites excluding steroid dienone is 3. The van der Waals surface area contributed by atoms with E-state index in [-0.39, 0.29) is 0 Å². The van der Waals surface area contributed by atoms with Crippen LogP contribution in [0.3, 0.4) is 0 Å². The Morgan fingerprint density at radius 2 is 1.72 bits per heavy atom. The first-order valence-electron chi connectivity index (χ1n) is 11.3. The molecule has 5 rings (SSSR count). The number of aromatic nitrogens is 2. The van der Waals surface area contributed by atoms with E-state index in [0.29, 0.717) is 0 Å². The highest BCUT2D eigenvalue weighted by atomic mass is 15.2. The summed E-state index contributed by atoms with van der Waals surface area (Å²) in [7, 11) is 4.25. The summed E-state index contributed by atoms with van der Waals surface area (Å²) in [4.78, 5) is 12.1. The van der Waals surface area contributed by atoms with Crippen molar-refractivity contribution in [2.45, 2.75) is 13.5 Å². The van der Waals surface area contributed by atoms with Crippen molar-refractivity contribution < 1.29 is 0 Å². The fourth-order valence-electron chi connectivity index (χ4n) is 4.56. The highest BCUT2D eigenvalue weighted by molar-refractivity contribution is 5.85. The second-order valence-electron chi connectivity index (χ2n) is 8.94. The number of hydrogen-bond acceptors (Lipinski definition) is 4. The predicted octanol–water partition coefficient (Wildman–Crippen LogP) is 4.58. The van der Waals surface area contributed by atoms with Crippen molar-refractivity contribution in [3.8, 4) is 0 Å². The molecule has 0 atom stereocenters. The first-order chi connectivity index (χ1) is 15.5. The van der Waals surface area contributed by atoms with Crippen LogP contribution in [0.1, 0.15) is 18.3 Å². The fourth-order valence-corrected chi connectivity index (χ4v) is 4.56. The van der Waals surface area contributed by atoms with E-state index >= 15 is 0 Å². The molecule has 3 aromatic rings. The Morgan fingerprint density at radius 1 is 0.969 bits per heavy atom. The van der Waals surface area contributed by atoms with Crippen LogP contribution in [0.15, 0.2) is 78.7 Å². The molecular weight excluding hydrogens is 394 g/mol. The lowest BCUT2D eigenvalue weighted by Gasteiger charge is -2.34. The van der Waals surface area contributed by atoms with Gasteiger partial charge in [0.25, 0.3) is 0 Å². The van der Waals surface area contributed by atoms with Gasteiger partial charge in [-0.2, -0.15) is 0 Å². The van der Waals surface area contributed by atoms with Gasteiger partial charge in [-0.3, -0.25) is 0 Å². The summed E-state index contributed by atoms with van der Waals surface area (Å²) in [6.45, 7) is 11.4. The summed E-state index contributed by atoms with van der Waals surface area (Å²) in [5.41, 5.74) is 8.07. The molecule has 2 aliphatic heterocycles. The first-order valence-corrected chi connectivity index (χ1v) is 11.3.